The van der Waals surface area contributed by atoms with Gasteiger partial charge >= 0.3 is 0 Å². The second kappa shape index (κ2) is 6.52. The van der Waals surface area contributed by atoms with Crippen LogP contribution < -0.4 is 10.1 Å². The third kappa shape index (κ3) is 3.97. The third-order valence-corrected chi connectivity index (χ3v) is 4.77. The maximum absolute atomic E-state index is 11.8. The summed E-state index contributed by atoms with van der Waals surface area (Å²) in [7, 11) is 0. The Labute approximate surface area is 146 Å². The van der Waals surface area contributed by atoms with Gasteiger partial charge in [-0.05, 0) is 45.0 Å². The standard InChI is InChI=1S/C15H14BrNO3S2/c1-8(18)15(2,3)20-11-5-4-10(16)6-9(11)7-12-13(19)17-14(21)22-12/h4-7H,1-3H3,(H,17,19,21)/b12-7-. The summed E-state index contributed by atoms with van der Waals surface area (Å²) in [4.78, 5) is 23.9. The van der Waals surface area contributed by atoms with Crippen LogP contribution in [0.3, 0.4) is 0 Å². The van der Waals surface area contributed by atoms with Crippen LogP contribution in [0.2, 0.25) is 0 Å². The molecule has 4 nitrogen and oxygen atoms in total. The highest BCUT2D eigenvalue weighted by molar-refractivity contribution is 9.10. The highest BCUT2D eigenvalue weighted by atomic mass is 79.9. The quantitative estimate of drug-likeness (QED) is 0.617. The van der Waals surface area contributed by atoms with E-state index in [1.165, 1.54) is 18.7 Å². The molecule has 1 N–H and O–H groups in total. The summed E-state index contributed by atoms with van der Waals surface area (Å²) in [6.07, 6.45) is 1.70. The normalized spacial score (nSPS) is 16.8. The monoisotopic (exact) mass is 399 g/mol. The second-order valence-corrected chi connectivity index (χ2v) is 7.84. The first-order chi connectivity index (χ1) is 10.2. The molecule has 0 aliphatic carbocycles. The molecule has 1 fully saturated rings. The molecule has 0 unspecified atom stereocenters. The van der Waals surface area contributed by atoms with Crippen molar-refractivity contribution in [1.82, 2.24) is 5.32 Å². The number of halogens is 1. The number of carbonyl (C=O) groups excluding carboxylic acids is 2. The summed E-state index contributed by atoms with van der Waals surface area (Å²) in [5.41, 5.74) is -0.243. The minimum absolute atomic E-state index is 0.0804. The largest absolute Gasteiger partial charge is 0.479 e. The van der Waals surface area contributed by atoms with Gasteiger partial charge in [0.2, 0.25) is 0 Å². The van der Waals surface area contributed by atoms with Crippen LogP contribution in [0.5, 0.6) is 5.75 Å². The predicted octanol–water partition coefficient (Wildman–Crippen LogP) is 3.68. The highest BCUT2D eigenvalue weighted by Crippen LogP contribution is 2.32. The van der Waals surface area contributed by atoms with E-state index in [0.717, 1.165) is 4.47 Å². The van der Waals surface area contributed by atoms with E-state index < -0.39 is 5.60 Å². The molecule has 116 valence electrons. The average molecular weight is 400 g/mol. The number of ether oxygens (including phenoxy) is 1. The van der Waals surface area contributed by atoms with Gasteiger partial charge in [-0.25, -0.2) is 0 Å². The van der Waals surface area contributed by atoms with Crippen LogP contribution >= 0.6 is 39.9 Å². The van der Waals surface area contributed by atoms with Crippen LogP contribution in [0.4, 0.5) is 0 Å². The summed E-state index contributed by atoms with van der Waals surface area (Å²) in [5.74, 6) is 0.219. The molecule has 1 aromatic rings. The molecule has 0 atom stereocenters. The minimum atomic E-state index is -0.943. The zero-order valence-corrected chi connectivity index (χ0v) is 15.4. The number of ketones is 1. The molecule has 1 saturated heterocycles. The first-order valence-electron chi connectivity index (χ1n) is 6.43. The van der Waals surface area contributed by atoms with Gasteiger partial charge in [-0.3, -0.25) is 9.59 Å². The topological polar surface area (TPSA) is 55.4 Å². The number of hydrogen-bond acceptors (Lipinski definition) is 5. The number of thioether (sulfide) groups is 1. The minimum Gasteiger partial charge on any atom is -0.479 e. The lowest BCUT2D eigenvalue weighted by Crippen LogP contribution is -2.36. The van der Waals surface area contributed by atoms with Gasteiger partial charge < -0.3 is 10.1 Å². The zero-order valence-electron chi connectivity index (χ0n) is 12.2. The van der Waals surface area contributed by atoms with Gasteiger partial charge in [0, 0.05) is 10.0 Å². The van der Waals surface area contributed by atoms with Crippen molar-refractivity contribution in [3.05, 3.63) is 33.1 Å². The Kier molecular flexibility index (Phi) is 5.09. The van der Waals surface area contributed by atoms with Crippen molar-refractivity contribution in [3.8, 4) is 5.75 Å². The molecule has 1 aliphatic rings. The first kappa shape index (κ1) is 17.2. The molecule has 1 aliphatic heterocycles. The predicted molar refractivity (Wildman–Crippen MR) is 95.8 cm³/mol. The van der Waals surface area contributed by atoms with Crippen molar-refractivity contribution < 1.29 is 14.3 Å². The van der Waals surface area contributed by atoms with Gasteiger partial charge in [0.05, 0.1) is 4.91 Å². The zero-order chi connectivity index (χ0) is 16.5. The number of hydrogen-bond donors (Lipinski definition) is 1. The van der Waals surface area contributed by atoms with Gasteiger partial charge in [-0.1, -0.05) is 39.9 Å². The second-order valence-electron chi connectivity index (χ2n) is 5.20. The summed E-state index contributed by atoms with van der Waals surface area (Å²) >= 11 is 9.57. The van der Waals surface area contributed by atoms with Crippen molar-refractivity contribution >= 4 is 62.0 Å². The fraction of sp³-hybridized carbons (Fsp3) is 0.267. The number of carbonyl (C=O) groups is 2. The van der Waals surface area contributed by atoms with Crippen LogP contribution in [-0.4, -0.2) is 21.6 Å². The lowest BCUT2D eigenvalue weighted by molar-refractivity contribution is -0.129. The summed E-state index contributed by atoms with van der Waals surface area (Å²) in [6, 6.07) is 5.41. The van der Waals surface area contributed by atoms with Crippen molar-refractivity contribution in [2.45, 2.75) is 26.4 Å². The van der Waals surface area contributed by atoms with Crippen molar-refractivity contribution in [3.63, 3.8) is 0 Å². The smallest absolute Gasteiger partial charge is 0.263 e. The molecule has 7 heteroatoms. The first-order valence-corrected chi connectivity index (χ1v) is 8.45. The van der Waals surface area contributed by atoms with Crippen LogP contribution in [0.25, 0.3) is 6.08 Å². The van der Waals surface area contributed by atoms with Gasteiger partial charge in [-0.15, -0.1) is 0 Å². The van der Waals surface area contributed by atoms with Crippen molar-refractivity contribution in [2.75, 3.05) is 0 Å². The van der Waals surface area contributed by atoms with Crippen LogP contribution in [0.1, 0.15) is 26.3 Å². The SMILES string of the molecule is CC(=O)C(C)(C)Oc1ccc(Br)cc1/C=C1\SC(=S)NC1=O. The van der Waals surface area contributed by atoms with E-state index in [9.17, 15) is 9.59 Å². The van der Waals surface area contributed by atoms with E-state index >= 15 is 0 Å². The Bertz CT molecular complexity index is 698. The maximum Gasteiger partial charge on any atom is 0.263 e. The maximum atomic E-state index is 11.8. The Morgan fingerprint density at radius 2 is 2.14 bits per heavy atom. The molecule has 0 bridgehead atoms. The number of rotatable bonds is 4. The van der Waals surface area contributed by atoms with Crippen LogP contribution in [-0.2, 0) is 9.59 Å². The van der Waals surface area contributed by atoms with E-state index in [4.69, 9.17) is 17.0 Å². The van der Waals surface area contributed by atoms with Gasteiger partial charge in [0.25, 0.3) is 5.91 Å². The molecule has 22 heavy (non-hydrogen) atoms. The van der Waals surface area contributed by atoms with E-state index in [2.05, 4.69) is 21.2 Å². The van der Waals surface area contributed by atoms with Crippen LogP contribution in [0, 0.1) is 0 Å². The molecule has 0 spiro atoms. The summed E-state index contributed by atoms with van der Waals surface area (Å²) < 4.78 is 7.11. The Morgan fingerprint density at radius 1 is 1.45 bits per heavy atom. The number of nitrogens with one attached hydrogen (secondary N) is 1. The Balaban J connectivity index is 2.41. The Morgan fingerprint density at radius 3 is 2.68 bits per heavy atom. The number of amides is 1. The molecular weight excluding hydrogens is 386 g/mol. The number of benzene rings is 1. The molecule has 2 rings (SSSR count). The highest BCUT2D eigenvalue weighted by Gasteiger charge is 2.27. The van der Waals surface area contributed by atoms with E-state index in [0.29, 0.717) is 20.5 Å². The molecule has 1 aromatic carbocycles. The Hall–Kier alpha value is -1.18. The van der Waals surface area contributed by atoms with Gasteiger partial charge in [-0.2, -0.15) is 0 Å². The number of thiocarbonyl (C=S) groups is 1. The van der Waals surface area contributed by atoms with Crippen molar-refractivity contribution in [2.24, 2.45) is 0 Å². The molecular formula is C15H14BrNO3S2. The van der Waals surface area contributed by atoms with Crippen molar-refractivity contribution in [1.29, 1.82) is 0 Å². The molecule has 0 aromatic heterocycles. The average Bonchev–Trinajstić information content (AvgIpc) is 2.71. The molecule has 1 amide bonds. The lowest BCUT2D eigenvalue weighted by Gasteiger charge is -2.24. The van der Waals surface area contributed by atoms with E-state index in [1.54, 1.807) is 26.0 Å². The molecule has 1 heterocycles. The third-order valence-electron chi connectivity index (χ3n) is 3.11. The van der Waals surface area contributed by atoms with Crippen LogP contribution in [0.15, 0.2) is 27.6 Å². The molecule has 0 radical (unpaired) electrons. The fourth-order valence-electron chi connectivity index (χ4n) is 1.63. The molecule has 0 saturated carbocycles. The lowest BCUT2D eigenvalue weighted by atomic mass is 10.0. The number of Topliss-reactive ketones (excluding diaryl/α,β-unsaturated/α-hetero) is 1. The summed E-state index contributed by atoms with van der Waals surface area (Å²) in [5, 5.41) is 2.57. The van der Waals surface area contributed by atoms with Gasteiger partial charge in [0.15, 0.2) is 11.4 Å². The summed E-state index contributed by atoms with van der Waals surface area (Å²) in [6.45, 7) is 4.90. The fourth-order valence-corrected chi connectivity index (χ4v) is 3.05. The van der Waals surface area contributed by atoms with Gasteiger partial charge in [0.1, 0.15) is 10.1 Å². The van der Waals surface area contributed by atoms with E-state index in [-0.39, 0.29) is 11.7 Å². The van der Waals surface area contributed by atoms with E-state index in [1.807, 2.05) is 12.1 Å².